The van der Waals surface area contributed by atoms with Crippen molar-refractivity contribution in [2.75, 3.05) is 0 Å². The molecule has 0 saturated heterocycles. The van der Waals surface area contributed by atoms with E-state index in [0.29, 0.717) is 11.4 Å². The van der Waals surface area contributed by atoms with Crippen LogP contribution in [0.1, 0.15) is 13.8 Å². The van der Waals surface area contributed by atoms with Crippen molar-refractivity contribution in [1.29, 1.82) is 0 Å². The van der Waals surface area contributed by atoms with Crippen LogP contribution in [0.4, 0.5) is 0 Å². The van der Waals surface area contributed by atoms with E-state index in [4.69, 9.17) is 0 Å². The summed E-state index contributed by atoms with van der Waals surface area (Å²) in [6, 6.07) is 0. The Morgan fingerprint density at radius 2 is 2.10 bits per heavy atom. The van der Waals surface area contributed by atoms with E-state index < -0.39 is 0 Å². The first kappa shape index (κ1) is 7.21. The van der Waals surface area contributed by atoms with Crippen LogP contribution < -0.4 is 0 Å². The monoisotopic (exact) mass is 154 g/mol. The molecule has 0 radical (unpaired) electrons. The van der Waals surface area contributed by atoms with E-state index in [2.05, 4.69) is 22.2 Å². The molecule has 52 valence electrons. The number of carbonyl (C=O) groups is 1. The second-order valence-corrected chi connectivity index (χ2v) is 2.36. The van der Waals surface area contributed by atoms with E-state index in [-0.39, 0.29) is 10.9 Å². The van der Waals surface area contributed by atoms with E-state index in [1.165, 1.54) is 6.92 Å². The Morgan fingerprint density at radius 1 is 1.50 bits per heavy atom. The summed E-state index contributed by atoms with van der Waals surface area (Å²) in [4.78, 5) is 18.3. The van der Waals surface area contributed by atoms with Gasteiger partial charge in [0.05, 0.1) is 5.71 Å². The van der Waals surface area contributed by atoms with Crippen LogP contribution in [-0.4, -0.2) is 22.3 Å². The van der Waals surface area contributed by atoms with Gasteiger partial charge in [-0.2, -0.15) is 0 Å². The van der Waals surface area contributed by atoms with E-state index in [0.717, 1.165) is 0 Å². The lowest BCUT2D eigenvalue weighted by Gasteiger charge is -1.88. The molecule has 0 amide bonds. The predicted molar refractivity (Wildman–Crippen MR) is 43.8 cm³/mol. The fourth-order valence-electron chi connectivity index (χ4n) is 0.731. The van der Waals surface area contributed by atoms with Crippen LogP contribution >= 0.6 is 12.2 Å². The molecular formula is C6H6N2OS. The number of carbonyl (C=O) groups excluding carboxylic acids is 1. The van der Waals surface area contributed by atoms with Gasteiger partial charge in [0.2, 0.25) is 5.11 Å². The summed E-state index contributed by atoms with van der Waals surface area (Å²) in [7, 11) is 0. The number of Topliss-reactive ketones (excluding diaryl/α,β-unsaturated/α-hetero) is 1. The van der Waals surface area contributed by atoms with E-state index in [1.54, 1.807) is 6.92 Å². The third-order valence-corrected chi connectivity index (χ3v) is 1.33. The zero-order chi connectivity index (χ0) is 7.72. The summed E-state index contributed by atoms with van der Waals surface area (Å²) < 4.78 is 0. The molecule has 0 spiro atoms. The zero-order valence-corrected chi connectivity index (χ0v) is 6.53. The van der Waals surface area contributed by atoms with E-state index >= 15 is 0 Å². The average Bonchev–Trinajstić information content (AvgIpc) is 2.10. The number of rotatable bonds is 1. The Kier molecular flexibility index (Phi) is 1.72. The van der Waals surface area contributed by atoms with E-state index in [1.807, 2.05) is 0 Å². The van der Waals surface area contributed by atoms with Gasteiger partial charge < -0.3 is 0 Å². The number of aliphatic imine (C=N–C) groups is 2. The SMILES string of the molecule is CC(=O)C1=NC(=S)N=C1C. The Balaban J connectivity index is 3.01. The fraction of sp³-hybridized carbons (Fsp3) is 0.333. The minimum Gasteiger partial charge on any atom is -0.293 e. The van der Waals surface area contributed by atoms with Gasteiger partial charge in [0.15, 0.2) is 5.78 Å². The van der Waals surface area contributed by atoms with Crippen molar-refractivity contribution >= 4 is 34.5 Å². The molecule has 0 fully saturated rings. The van der Waals surface area contributed by atoms with Gasteiger partial charge in [0, 0.05) is 6.92 Å². The topological polar surface area (TPSA) is 41.8 Å². The molecule has 1 aliphatic heterocycles. The Morgan fingerprint density at radius 3 is 2.30 bits per heavy atom. The minimum atomic E-state index is -0.0823. The van der Waals surface area contributed by atoms with E-state index in [9.17, 15) is 4.79 Å². The first-order chi connectivity index (χ1) is 4.61. The minimum absolute atomic E-state index is 0.0823. The van der Waals surface area contributed by atoms with Crippen LogP contribution in [0, 0.1) is 0 Å². The molecule has 1 heterocycles. The van der Waals surface area contributed by atoms with Gasteiger partial charge in [-0.05, 0) is 19.1 Å². The van der Waals surface area contributed by atoms with Crippen molar-refractivity contribution in [3.05, 3.63) is 0 Å². The highest BCUT2D eigenvalue weighted by Crippen LogP contribution is 2.00. The fourth-order valence-corrected chi connectivity index (χ4v) is 0.960. The lowest BCUT2D eigenvalue weighted by atomic mass is 10.2. The number of hydrogen-bond acceptors (Lipinski definition) is 2. The molecule has 0 bridgehead atoms. The Hall–Kier alpha value is -0.900. The highest BCUT2D eigenvalue weighted by molar-refractivity contribution is 7.80. The van der Waals surface area contributed by atoms with Gasteiger partial charge in [-0.3, -0.25) is 4.79 Å². The summed E-state index contributed by atoms with van der Waals surface area (Å²) in [6.07, 6.45) is 0. The number of nitrogens with zero attached hydrogens (tertiary/aromatic N) is 2. The van der Waals surface area contributed by atoms with Gasteiger partial charge in [-0.15, -0.1) is 0 Å². The van der Waals surface area contributed by atoms with Crippen molar-refractivity contribution in [3.63, 3.8) is 0 Å². The largest absolute Gasteiger partial charge is 0.293 e. The van der Waals surface area contributed by atoms with Crippen LogP contribution in [0.25, 0.3) is 0 Å². The van der Waals surface area contributed by atoms with Crippen molar-refractivity contribution in [2.45, 2.75) is 13.8 Å². The zero-order valence-electron chi connectivity index (χ0n) is 5.71. The first-order valence-electron chi connectivity index (χ1n) is 2.80. The van der Waals surface area contributed by atoms with Crippen LogP contribution in [0.5, 0.6) is 0 Å². The standard InChI is InChI=1S/C6H6N2OS/c1-3-5(4(2)9)8-6(10)7-3/h1-2H3. The van der Waals surface area contributed by atoms with Crippen molar-refractivity contribution in [2.24, 2.45) is 9.98 Å². The van der Waals surface area contributed by atoms with Crippen LogP contribution in [-0.2, 0) is 4.79 Å². The number of hydrogen-bond donors (Lipinski definition) is 0. The molecule has 0 atom stereocenters. The predicted octanol–water partition coefficient (Wildman–Crippen LogP) is 0.776. The van der Waals surface area contributed by atoms with Gasteiger partial charge >= 0.3 is 0 Å². The molecule has 0 aromatic carbocycles. The van der Waals surface area contributed by atoms with Crippen molar-refractivity contribution < 1.29 is 4.79 Å². The molecule has 0 aromatic rings. The quantitative estimate of drug-likeness (QED) is 0.523. The van der Waals surface area contributed by atoms with Gasteiger partial charge in [0.25, 0.3) is 0 Å². The van der Waals surface area contributed by atoms with Gasteiger partial charge in [0.1, 0.15) is 5.71 Å². The maximum Gasteiger partial charge on any atom is 0.220 e. The van der Waals surface area contributed by atoms with Crippen LogP contribution in [0.2, 0.25) is 0 Å². The maximum atomic E-state index is 10.7. The molecule has 1 rings (SSSR count). The van der Waals surface area contributed by atoms with Crippen LogP contribution in [0.3, 0.4) is 0 Å². The molecule has 3 nitrogen and oxygen atoms in total. The third kappa shape index (κ3) is 1.16. The molecule has 0 unspecified atom stereocenters. The molecule has 0 aliphatic carbocycles. The Labute approximate surface area is 63.9 Å². The summed E-state index contributed by atoms with van der Waals surface area (Å²) in [5, 5.41) is 0.253. The first-order valence-corrected chi connectivity index (χ1v) is 3.21. The second-order valence-electron chi connectivity index (χ2n) is 2.00. The number of thiocarbonyl (C=S) groups is 1. The lowest BCUT2D eigenvalue weighted by molar-refractivity contribution is -0.110. The maximum absolute atomic E-state index is 10.7. The third-order valence-electron chi connectivity index (χ3n) is 1.15. The summed E-state index contributed by atoms with van der Waals surface area (Å²) in [6.45, 7) is 3.17. The highest BCUT2D eigenvalue weighted by Gasteiger charge is 2.15. The number of ketones is 1. The molecule has 10 heavy (non-hydrogen) atoms. The molecule has 4 heteroatoms. The summed E-state index contributed by atoms with van der Waals surface area (Å²) >= 11 is 4.67. The molecule has 0 saturated carbocycles. The smallest absolute Gasteiger partial charge is 0.220 e. The summed E-state index contributed by atoms with van der Waals surface area (Å²) in [5.41, 5.74) is 1.02. The van der Waals surface area contributed by atoms with Gasteiger partial charge in [-0.1, -0.05) is 0 Å². The van der Waals surface area contributed by atoms with Crippen molar-refractivity contribution in [3.8, 4) is 0 Å². The Bertz CT molecular complexity index is 265. The highest BCUT2D eigenvalue weighted by atomic mass is 32.1. The van der Waals surface area contributed by atoms with Gasteiger partial charge in [-0.25, -0.2) is 9.98 Å². The molecular weight excluding hydrogens is 148 g/mol. The molecule has 0 N–H and O–H groups in total. The van der Waals surface area contributed by atoms with Crippen molar-refractivity contribution in [1.82, 2.24) is 0 Å². The molecule has 1 aliphatic rings. The van der Waals surface area contributed by atoms with Crippen LogP contribution in [0.15, 0.2) is 9.98 Å². The average molecular weight is 154 g/mol. The lowest BCUT2D eigenvalue weighted by Crippen LogP contribution is -2.15. The normalized spacial score (nSPS) is 16.8. The second kappa shape index (κ2) is 2.38. The molecule has 0 aromatic heterocycles. The summed E-state index contributed by atoms with van der Waals surface area (Å²) in [5.74, 6) is -0.0823.